The standard InChI is InChI=1S/C26H33N5O3/c1-30-12-14-31(15-13-30)23-10-7-21(8-11-23)26(32)27-25-19-22(28-29-25)9-6-20-4-3-5-24(18-20)34-17-16-33-2/h3-5,7-8,10-11,18-19H,6,9,12-17H2,1-2H3,(H2,27,28,29,32). The highest BCUT2D eigenvalue weighted by Gasteiger charge is 2.15. The number of aromatic nitrogens is 2. The number of rotatable bonds is 10. The summed E-state index contributed by atoms with van der Waals surface area (Å²) in [5.41, 5.74) is 3.84. The van der Waals surface area contributed by atoms with Gasteiger partial charge in [0.25, 0.3) is 5.91 Å². The molecule has 3 aromatic rings. The van der Waals surface area contributed by atoms with Gasteiger partial charge >= 0.3 is 0 Å². The van der Waals surface area contributed by atoms with Crippen LogP contribution in [-0.2, 0) is 17.6 Å². The number of hydrogen-bond acceptors (Lipinski definition) is 6. The second kappa shape index (κ2) is 11.7. The SMILES string of the molecule is COCCOc1cccc(CCc2cc(NC(=O)c3ccc(N4CCN(C)CC4)cc3)[nH]n2)c1. The van der Waals surface area contributed by atoms with Gasteiger partial charge in [0.1, 0.15) is 18.2 Å². The van der Waals surface area contributed by atoms with Gasteiger partial charge in [0.2, 0.25) is 0 Å². The zero-order valence-electron chi connectivity index (χ0n) is 19.9. The number of benzene rings is 2. The number of hydrogen-bond donors (Lipinski definition) is 2. The summed E-state index contributed by atoms with van der Waals surface area (Å²) >= 11 is 0. The van der Waals surface area contributed by atoms with Crippen LogP contribution in [0.3, 0.4) is 0 Å². The number of methoxy groups -OCH3 is 1. The second-order valence-electron chi connectivity index (χ2n) is 8.55. The Hall–Kier alpha value is -3.36. The predicted molar refractivity (Wildman–Crippen MR) is 134 cm³/mol. The van der Waals surface area contributed by atoms with Crippen LogP contribution < -0.4 is 15.0 Å². The van der Waals surface area contributed by atoms with Crippen LogP contribution in [0.1, 0.15) is 21.6 Å². The van der Waals surface area contributed by atoms with Crippen molar-refractivity contribution in [2.75, 3.05) is 63.8 Å². The van der Waals surface area contributed by atoms with Crippen molar-refractivity contribution in [1.29, 1.82) is 0 Å². The number of aryl methyl sites for hydroxylation is 2. The zero-order valence-corrected chi connectivity index (χ0v) is 19.9. The quantitative estimate of drug-likeness (QED) is 0.449. The van der Waals surface area contributed by atoms with Crippen molar-refractivity contribution >= 4 is 17.4 Å². The van der Waals surface area contributed by atoms with Crippen LogP contribution in [-0.4, -0.2) is 74.6 Å². The fraction of sp³-hybridized carbons (Fsp3) is 0.385. The average Bonchev–Trinajstić information content (AvgIpc) is 3.31. The number of ether oxygens (including phenoxy) is 2. The molecule has 2 N–H and O–H groups in total. The van der Waals surface area contributed by atoms with Crippen LogP contribution in [0.4, 0.5) is 11.5 Å². The first-order valence-electron chi connectivity index (χ1n) is 11.7. The van der Waals surface area contributed by atoms with Gasteiger partial charge in [-0.25, -0.2) is 0 Å². The van der Waals surface area contributed by atoms with Crippen molar-refractivity contribution in [2.24, 2.45) is 0 Å². The summed E-state index contributed by atoms with van der Waals surface area (Å²) in [5, 5.41) is 10.2. The van der Waals surface area contributed by atoms with E-state index in [1.54, 1.807) is 7.11 Å². The van der Waals surface area contributed by atoms with Crippen molar-refractivity contribution in [3.8, 4) is 5.75 Å². The van der Waals surface area contributed by atoms with Crippen molar-refractivity contribution in [1.82, 2.24) is 15.1 Å². The largest absolute Gasteiger partial charge is 0.491 e. The number of anilines is 2. The van der Waals surface area contributed by atoms with Gasteiger partial charge in [0.15, 0.2) is 0 Å². The first-order chi connectivity index (χ1) is 16.6. The molecule has 0 spiro atoms. The van der Waals surface area contributed by atoms with Crippen molar-refractivity contribution in [3.05, 3.63) is 71.4 Å². The van der Waals surface area contributed by atoms with Crippen LogP contribution in [0.2, 0.25) is 0 Å². The highest BCUT2D eigenvalue weighted by atomic mass is 16.5. The smallest absolute Gasteiger partial charge is 0.256 e. The third-order valence-electron chi connectivity index (χ3n) is 6.00. The molecule has 1 aromatic heterocycles. The first-order valence-corrected chi connectivity index (χ1v) is 11.7. The molecule has 0 unspecified atom stereocenters. The van der Waals surface area contributed by atoms with E-state index in [2.05, 4.69) is 38.4 Å². The topological polar surface area (TPSA) is 82.7 Å². The minimum absolute atomic E-state index is 0.152. The Morgan fingerprint density at radius 2 is 1.82 bits per heavy atom. The summed E-state index contributed by atoms with van der Waals surface area (Å²) in [6, 6.07) is 17.7. The minimum Gasteiger partial charge on any atom is -0.491 e. The first kappa shape index (κ1) is 23.8. The van der Waals surface area contributed by atoms with E-state index in [-0.39, 0.29) is 5.91 Å². The van der Waals surface area contributed by atoms with Gasteiger partial charge in [-0.05, 0) is 61.9 Å². The van der Waals surface area contributed by atoms with E-state index in [1.165, 1.54) is 5.56 Å². The highest BCUT2D eigenvalue weighted by Crippen LogP contribution is 2.19. The normalized spacial score (nSPS) is 14.2. The number of likely N-dealkylation sites (N-methyl/N-ethyl adjacent to an activating group) is 1. The number of H-pyrrole nitrogens is 1. The molecule has 1 saturated heterocycles. The van der Waals surface area contributed by atoms with Crippen molar-refractivity contribution in [3.63, 3.8) is 0 Å². The summed E-state index contributed by atoms with van der Waals surface area (Å²) in [6.07, 6.45) is 1.58. The average molecular weight is 464 g/mol. The molecule has 8 heteroatoms. The van der Waals surface area contributed by atoms with Crippen molar-refractivity contribution in [2.45, 2.75) is 12.8 Å². The van der Waals surface area contributed by atoms with Gasteiger partial charge in [-0.15, -0.1) is 0 Å². The summed E-state index contributed by atoms with van der Waals surface area (Å²) in [7, 11) is 3.80. The van der Waals surface area contributed by atoms with E-state index in [1.807, 2.05) is 48.5 Å². The zero-order chi connectivity index (χ0) is 23.8. The Morgan fingerprint density at radius 1 is 1.03 bits per heavy atom. The number of carbonyl (C=O) groups is 1. The third kappa shape index (κ3) is 6.59. The van der Waals surface area contributed by atoms with Crippen LogP contribution in [0.15, 0.2) is 54.6 Å². The summed E-state index contributed by atoms with van der Waals surface area (Å²) < 4.78 is 10.7. The molecule has 2 aromatic carbocycles. The lowest BCUT2D eigenvalue weighted by Gasteiger charge is -2.34. The van der Waals surface area contributed by atoms with Gasteiger partial charge in [-0.2, -0.15) is 5.10 Å². The molecule has 8 nitrogen and oxygen atoms in total. The molecule has 1 aliphatic heterocycles. The molecule has 1 amide bonds. The number of carbonyl (C=O) groups excluding carboxylic acids is 1. The van der Waals surface area contributed by atoms with Gasteiger partial charge in [-0.1, -0.05) is 12.1 Å². The van der Waals surface area contributed by atoms with Crippen LogP contribution in [0.5, 0.6) is 5.75 Å². The number of piperazine rings is 1. The van der Waals surface area contributed by atoms with Gasteiger partial charge in [0, 0.05) is 50.6 Å². The molecule has 0 atom stereocenters. The lowest BCUT2D eigenvalue weighted by molar-refractivity contribution is 0.102. The number of aromatic amines is 1. The maximum absolute atomic E-state index is 12.7. The van der Waals surface area contributed by atoms with E-state index in [0.29, 0.717) is 24.6 Å². The van der Waals surface area contributed by atoms with Gasteiger partial charge in [0.05, 0.1) is 12.3 Å². The predicted octanol–water partition coefficient (Wildman–Crippen LogP) is 3.22. The molecular formula is C26H33N5O3. The molecular weight excluding hydrogens is 430 g/mol. The third-order valence-corrected chi connectivity index (χ3v) is 6.00. The molecule has 2 heterocycles. The Kier molecular flexibility index (Phi) is 8.17. The fourth-order valence-electron chi connectivity index (χ4n) is 3.94. The second-order valence-corrected chi connectivity index (χ2v) is 8.55. The molecule has 180 valence electrons. The van der Waals surface area contributed by atoms with Crippen LogP contribution >= 0.6 is 0 Å². The van der Waals surface area contributed by atoms with Gasteiger partial charge < -0.3 is 24.6 Å². The van der Waals surface area contributed by atoms with Gasteiger partial charge in [-0.3, -0.25) is 9.89 Å². The lowest BCUT2D eigenvalue weighted by Crippen LogP contribution is -2.44. The number of amides is 1. The molecule has 0 radical (unpaired) electrons. The van der Waals surface area contributed by atoms with E-state index < -0.39 is 0 Å². The van der Waals surface area contributed by atoms with E-state index in [4.69, 9.17) is 9.47 Å². The molecule has 0 bridgehead atoms. The Morgan fingerprint density at radius 3 is 2.59 bits per heavy atom. The molecule has 4 rings (SSSR count). The lowest BCUT2D eigenvalue weighted by atomic mass is 10.1. The summed E-state index contributed by atoms with van der Waals surface area (Å²) in [6.45, 7) is 5.21. The minimum atomic E-state index is -0.152. The Labute approximate surface area is 200 Å². The van der Waals surface area contributed by atoms with E-state index in [9.17, 15) is 4.79 Å². The molecule has 1 fully saturated rings. The fourth-order valence-corrected chi connectivity index (χ4v) is 3.94. The molecule has 34 heavy (non-hydrogen) atoms. The molecule has 0 aliphatic carbocycles. The Balaban J connectivity index is 1.27. The summed E-state index contributed by atoms with van der Waals surface area (Å²) in [4.78, 5) is 17.4. The summed E-state index contributed by atoms with van der Waals surface area (Å²) in [5.74, 6) is 1.28. The van der Waals surface area contributed by atoms with Crippen molar-refractivity contribution < 1.29 is 14.3 Å². The van der Waals surface area contributed by atoms with E-state index >= 15 is 0 Å². The number of nitrogens with zero attached hydrogens (tertiary/aromatic N) is 3. The van der Waals surface area contributed by atoms with E-state index in [0.717, 1.165) is 56.2 Å². The Bertz CT molecular complexity index is 1060. The molecule has 0 saturated carbocycles. The maximum atomic E-state index is 12.7. The van der Waals surface area contributed by atoms with Crippen LogP contribution in [0, 0.1) is 0 Å². The maximum Gasteiger partial charge on any atom is 0.256 e. The molecule has 1 aliphatic rings. The van der Waals surface area contributed by atoms with Crippen LogP contribution in [0.25, 0.3) is 0 Å². The highest BCUT2D eigenvalue weighted by molar-refractivity contribution is 6.03. The monoisotopic (exact) mass is 463 g/mol. The number of nitrogens with one attached hydrogen (secondary N) is 2.